The summed E-state index contributed by atoms with van der Waals surface area (Å²) in [5.74, 6) is -0.151. The number of amides is 1. The van der Waals surface area contributed by atoms with E-state index in [1.807, 2.05) is 0 Å². The number of nitrogens with zero attached hydrogens (tertiary/aromatic N) is 1. The third kappa shape index (κ3) is 4.46. The first kappa shape index (κ1) is 16.4. The first-order valence-corrected chi connectivity index (χ1v) is 6.00. The van der Waals surface area contributed by atoms with Crippen LogP contribution in [0.5, 0.6) is 11.5 Å². The third-order valence-electron chi connectivity index (χ3n) is 2.53. The van der Waals surface area contributed by atoms with E-state index >= 15 is 0 Å². The average Bonchev–Trinajstić information content (AvgIpc) is 2.49. The Labute approximate surface area is 121 Å². The summed E-state index contributed by atoms with van der Waals surface area (Å²) in [6.45, 7) is 2.92. The van der Waals surface area contributed by atoms with Crippen LogP contribution in [-0.2, 0) is 11.4 Å². The van der Waals surface area contributed by atoms with Gasteiger partial charge in [-0.2, -0.15) is 0 Å². The van der Waals surface area contributed by atoms with Crippen LogP contribution in [0.15, 0.2) is 24.8 Å². The Morgan fingerprint density at radius 2 is 2.24 bits per heavy atom. The van der Waals surface area contributed by atoms with E-state index in [-0.39, 0.29) is 29.4 Å². The molecule has 8 nitrogen and oxygen atoms in total. The number of aliphatic hydroxyl groups excluding tert-OH is 1. The van der Waals surface area contributed by atoms with E-state index in [0.29, 0.717) is 6.54 Å². The smallest absolute Gasteiger partial charge is 0.278 e. The molecule has 0 radical (unpaired) electrons. The van der Waals surface area contributed by atoms with E-state index in [2.05, 4.69) is 11.9 Å². The van der Waals surface area contributed by atoms with E-state index in [1.54, 1.807) is 0 Å². The lowest BCUT2D eigenvalue weighted by Gasteiger charge is -2.12. The molecule has 0 saturated carbocycles. The summed E-state index contributed by atoms with van der Waals surface area (Å²) in [7, 11) is 1.35. The Hall–Kier alpha value is -2.61. The minimum absolute atomic E-state index is 0.0511. The molecule has 1 aromatic carbocycles. The zero-order valence-electron chi connectivity index (χ0n) is 11.5. The number of nitro groups is 1. The molecule has 0 aliphatic carbocycles. The molecule has 0 aromatic heterocycles. The molecule has 0 bridgehead atoms. The van der Waals surface area contributed by atoms with Crippen molar-refractivity contribution in [2.45, 2.75) is 6.61 Å². The van der Waals surface area contributed by atoms with Crippen molar-refractivity contribution < 1.29 is 24.3 Å². The molecule has 21 heavy (non-hydrogen) atoms. The maximum Gasteiger partial charge on any atom is 0.278 e. The SMILES string of the molecule is C=CCNC(=O)COc1cc([N+](=O)[O-])c(CO)cc1OC. The predicted molar refractivity (Wildman–Crippen MR) is 74.3 cm³/mol. The van der Waals surface area contributed by atoms with Gasteiger partial charge >= 0.3 is 0 Å². The lowest BCUT2D eigenvalue weighted by Crippen LogP contribution is -2.28. The number of rotatable bonds is 8. The summed E-state index contributed by atoms with van der Waals surface area (Å²) in [6.07, 6.45) is 1.51. The molecular weight excluding hydrogens is 280 g/mol. The van der Waals surface area contributed by atoms with Gasteiger partial charge in [-0.05, 0) is 6.07 Å². The van der Waals surface area contributed by atoms with Gasteiger partial charge in [-0.3, -0.25) is 14.9 Å². The quantitative estimate of drug-likeness (QED) is 0.416. The summed E-state index contributed by atoms with van der Waals surface area (Å²) in [5.41, 5.74) is -0.208. The second kappa shape index (κ2) is 7.85. The molecule has 114 valence electrons. The van der Waals surface area contributed by atoms with E-state index in [1.165, 1.54) is 19.3 Å². The molecule has 0 aliphatic rings. The van der Waals surface area contributed by atoms with Crippen molar-refractivity contribution in [3.63, 3.8) is 0 Å². The highest BCUT2D eigenvalue weighted by Gasteiger charge is 2.19. The Balaban J connectivity index is 2.94. The monoisotopic (exact) mass is 296 g/mol. The van der Waals surface area contributed by atoms with Gasteiger partial charge in [-0.1, -0.05) is 6.08 Å². The number of ether oxygens (including phenoxy) is 2. The van der Waals surface area contributed by atoms with Crippen molar-refractivity contribution in [1.82, 2.24) is 5.32 Å². The summed E-state index contributed by atoms with van der Waals surface area (Å²) < 4.78 is 10.2. The summed E-state index contributed by atoms with van der Waals surface area (Å²) in [5, 5.41) is 22.5. The van der Waals surface area contributed by atoms with Crippen LogP contribution in [0.3, 0.4) is 0 Å². The highest BCUT2D eigenvalue weighted by Crippen LogP contribution is 2.34. The van der Waals surface area contributed by atoms with Crippen LogP contribution in [-0.4, -0.2) is 36.2 Å². The Morgan fingerprint density at radius 3 is 2.76 bits per heavy atom. The minimum atomic E-state index is -0.643. The number of methoxy groups -OCH3 is 1. The van der Waals surface area contributed by atoms with Gasteiger partial charge in [0.2, 0.25) is 0 Å². The molecule has 2 N–H and O–H groups in total. The zero-order chi connectivity index (χ0) is 15.8. The van der Waals surface area contributed by atoms with Crippen LogP contribution in [0.1, 0.15) is 5.56 Å². The molecule has 0 heterocycles. The Bertz CT molecular complexity index is 544. The number of hydrogen-bond acceptors (Lipinski definition) is 6. The van der Waals surface area contributed by atoms with Crippen LogP contribution < -0.4 is 14.8 Å². The number of nitrogens with one attached hydrogen (secondary N) is 1. The fraction of sp³-hybridized carbons (Fsp3) is 0.308. The largest absolute Gasteiger partial charge is 0.493 e. The molecule has 0 spiro atoms. The number of carbonyl (C=O) groups is 1. The van der Waals surface area contributed by atoms with E-state index in [0.717, 1.165) is 6.07 Å². The first-order valence-electron chi connectivity index (χ1n) is 6.00. The molecule has 1 amide bonds. The van der Waals surface area contributed by atoms with Crippen LogP contribution >= 0.6 is 0 Å². The second-order valence-corrected chi connectivity index (χ2v) is 3.93. The van der Waals surface area contributed by atoms with Crippen molar-refractivity contribution in [3.05, 3.63) is 40.5 Å². The normalized spacial score (nSPS) is 9.81. The second-order valence-electron chi connectivity index (χ2n) is 3.93. The number of nitro benzene ring substituents is 1. The lowest BCUT2D eigenvalue weighted by atomic mass is 10.1. The number of aliphatic hydroxyl groups is 1. The highest BCUT2D eigenvalue weighted by atomic mass is 16.6. The molecule has 8 heteroatoms. The lowest BCUT2D eigenvalue weighted by molar-refractivity contribution is -0.385. The summed E-state index contributed by atoms with van der Waals surface area (Å²) >= 11 is 0. The van der Waals surface area contributed by atoms with Crippen molar-refractivity contribution >= 4 is 11.6 Å². The van der Waals surface area contributed by atoms with Gasteiger partial charge in [0.15, 0.2) is 18.1 Å². The van der Waals surface area contributed by atoms with Gasteiger partial charge in [0.1, 0.15) is 0 Å². The van der Waals surface area contributed by atoms with E-state index in [9.17, 15) is 14.9 Å². The summed E-state index contributed by atoms with van der Waals surface area (Å²) in [6, 6.07) is 2.42. The first-order chi connectivity index (χ1) is 10.0. The molecular formula is C13H16N2O6. The molecule has 1 aromatic rings. The summed E-state index contributed by atoms with van der Waals surface area (Å²) in [4.78, 5) is 21.7. The molecule has 0 aliphatic heterocycles. The van der Waals surface area contributed by atoms with Gasteiger partial charge in [-0.25, -0.2) is 0 Å². The fourth-order valence-corrected chi connectivity index (χ4v) is 1.54. The van der Waals surface area contributed by atoms with Crippen LogP contribution in [0, 0.1) is 10.1 Å². The van der Waals surface area contributed by atoms with Gasteiger partial charge in [0.25, 0.3) is 11.6 Å². The van der Waals surface area contributed by atoms with Gasteiger partial charge in [-0.15, -0.1) is 6.58 Å². The van der Waals surface area contributed by atoms with Gasteiger partial charge < -0.3 is 19.9 Å². The molecule has 1 rings (SSSR count). The molecule has 0 atom stereocenters. The van der Waals surface area contributed by atoms with Crippen molar-refractivity contribution in [2.24, 2.45) is 0 Å². The maximum absolute atomic E-state index is 11.4. The Kier molecular flexibility index (Phi) is 6.15. The van der Waals surface area contributed by atoms with Crippen LogP contribution in [0.2, 0.25) is 0 Å². The molecule has 0 saturated heterocycles. The number of benzene rings is 1. The molecule has 0 fully saturated rings. The van der Waals surface area contributed by atoms with E-state index < -0.39 is 17.4 Å². The zero-order valence-corrected chi connectivity index (χ0v) is 11.5. The van der Waals surface area contributed by atoms with Crippen molar-refractivity contribution in [1.29, 1.82) is 0 Å². The van der Waals surface area contributed by atoms with Gasteiger partial charge in [0.05, 0.1) is 30.3 Å². The number of hydrogen-bond donors (Lipinski definition) is 2. The van der Waals surface area contributed by atoms with Gasteiger partial charge in [0, 0.05) is 6.54 Å². The number of carbonyl (C=O) groups excluding carboxylic acids is 1. The maximum atomic E-state index is 11.4. The topological polar surface area (TPSA) is 111 Å². The molecule has 0 unspecified atom stereocenters. The van der Waals surface area contributed by atoms with Crippen molar-refractivity contribution in [3.8, 4) is 11.5 Å². The third-order valence-corrected chi connectivity index (χ3v) is 2.53. The highest BCUT2D eigenvalue weighted by molar-refractivity contribution is 5.77. The van der Waals surface area contributed by atoms with Crippen LogP contribution in [0.4, 0.5) is 5.69 Å². The average molecular weight is 296 g/mol. The minimum Gasteiger partial charge on any atom is -0.493 e. The standard InChI is InChI=1S/C13H16N2O6/c1-3-4-14-13(17)8-21-12-6-10(15(18)19)9(7-16)5-11(12)20-2/h3,5-6,16H,1,4,7-8H2,2H3,(H,14,17). The predicted octanol–water partition coefficient (Wildman–Crippen LogP) is 0.777. The van der Waals surface area contributed by atoms with E-state index in [4.69, 9.17) is 14.6 Å². The Morgan fingerprint density at radius 1 is 1.52 bits per heavy atom. The van der Waals surface area contributed by atoms with Crippen LogP contribution in [0.25, 0.3) is 0 Å². The van der Waals surface area contributed by atoms with Crippen molar-refractivity contribution in [2.75, 3.05) is 20.3 Å². The fourth-order valence-electron chi connectivity index (χ4n) is 1.54.